The Hall–Kier alpha value is -1.66. The highest BCUT2D eigenvalue weighted by atomic mass is 16.6. The maximum atomic E-state index is 11.1. The number of ether oxygens (including phenoxy) is 2. The van der Waals surface area contributed by atoms with Crippen LogP contribution in [0.15, 0.2) is 18.2 Å². The molecule has 118 valence electrons. The van der Waals surface area contributed by atoms with Gasteiger partial charge in [0.05, 0.1) is 17.1 Å². The van der Waals surface area contributed by atoms with Crippen molar-refractivity contribution in [3.8, 4) is 5.75 Å². The molecule has 0 aliphatic rings. The Bertz CT molecular complexity index is 475. The van der Waals surface area contributed by atoms with E-state index in [0.717, 1.165) is 12.1 Å². The minimum atomic E-state index is -0.410. The molecule has 1 rings (SSSR count). The molecule has 6 nitrogen and oxygen atoms in total. The fraction of sp³-hybridized carbons (Fsp3) is 0.600. The number of benzene rings is 1. The monoisotopic (exact) mass is 296 g/mol. The van der Waals surface area contributed by atoms with Gasteiger partial charge in [-0.2, -0.15) is 0 Å². The Morgan fingerprint density at radius 2 is 2.10 bits per heavy atom. The molecule has 0 heterocycles. The van der Waals surface area contributed by atoms with Crippen molar-refractivity contribution < 1.29 is 14.4 Å². The minimum Gasteiger partial charge on any atom is -0.487 e. The lowest BCUT2D eigenvalue weighted by Crippen LogP contribution is -2.25. The molecule has 6 heteroatoms. The molecule has 21 heavy (non-hydrogen) atoms. The van der Waals surface area contributed by atoms with Crippen molar-refractivity contribution in [1.82, 2.24) is 5.32 Å². The fourth-order valence-electron chi connectivity index (χ4n) is 1.72. The smallest absolute Gasteiger partial charge is 0.311 e. The van der Waals surface area contributed by atoms with Crippen LogP contribution in [0.25, 0.3) is 0 Å². The van der Waals surface area contributed by atoms with Gasteiger partial charge < -0.3 is 14.8 Å². The van der Waals surface area contributed by atoms with Crippen LogP contribution in [0.3, 0.4) is 0 Å². The summed E-state index contributed by atoms with van der Waals surface area (Å²) in [6, 6.07) is 5.05. The van der Waals surface area contributed by atoms with Crippen molar-refractivity contribution in [2.75, 3.05) is 20.3 Å². The first-order valence-electron chi connectivity index (χ1n) is 7.05. The Morgan fingerprint density at radius 3 is 2.67 bits per heavy atom. The number of nitro benzene ring substituents is 1. The van der Waals surface area contributed by atoms with Crippen molar-refractivity contribution in [3.63, 3.8) is 0 Å². The normalized spacial score (nSPS) is 11.4. The van der Waals surface area contributed by atoms with Crippen molar-refractivity contribution in [1.29, 1.82) is 0 Å². The highest BCUT2D eigenvalue weighted by molar-refractivity contribution is 5.48. The van der Waals surface area contributed by atoms with Crippen LogP contribution >= 0.6 is 0 Å². The van der Waals surface area contributed by atoms with E-state index < -0.39 is 4.92 Å². The fourth-order valence-corrected chi connectivity index (χ4v) is 1.72. The molecule has 1 N–H and O–H groups in total. The van der Waals surface area contributed by atoms with Crippen LogP contribution in [0.1, 0.15) is 32.8 Å². The SMILES string of the molecule is CCNCc1ccc(OCCC(C)(C)OC)c([N+](=O)[O-])c1. The average Bonchev–Trinajstić information content (AvgIpc) is 2.45. The first kappa shape index (κ1) is 17.4. The van der Waals surface area contributed by atoms with E-state index in [1.165, 1.54) is 0 Å². The van der Waals surface area contributed by atoms with Crippen LogP contribution in [0.2, 0.25) is 0 Å². The molecule has 0 bridgehead atoms. The van der Waals surface area contributed by atoms with E-state index in [2.05, 4.69) is 5.32 Å². The third-order valence-electron chi connectivity index (χ3n) is 3.31. The molecular formula is C15H24N2O4. The van der Waals surface area contributed by atoms with Crippen LogP contribution < -0.4 is 10.1 Å². The van der Waals surface area contributed by atoms with Crippen LogP contribution in [0, 0.1) is 10.1 Å². The summed E-state index contributed by atoms with van der Waals surface area (Å²) < 4.78 is 10.8. The number of methoxy groups -OCH3 is 1. The van der Waals surface area contributed by atoms with Crippen molar-refractivity contribution in [3.05, 3.63) is 33.9 Å². The van der Waals surface area contributed by atoms with Crippen molar-refractivity contribution in [2.24, 2.45) is 0 Å². The number of nitrogens with zero attached hydrogens (tertiary/aromatic N) is 1. The molecule has 0 saturated carbocycles. The van der Waals surface area contributed by atoms with Gasteiger partial charge in [-0.25, -0.2) is 0 Å². The number of nitrogens with one attached hydrogen (secondary N) is 1. The zero-order valence-corrected chi connectivity index (χ0v) is 13.1. The van der Waals surface area contributed by atoms with E-state index in [9.17, 15) is 10.1 Å². The van der Waals surface area contributed by atoms with Crippen LogP contribution in [0.4, 0.5) is 5.69 Å². The maximum absolute atomic E-state index is 11.1. The number of hydrogen-bond acceptors (Lipinski definition) is 5. The summed E-state index contributed by atoms with van der Waals surface area (Å²) >= 11 is 0. The van der Waals surface area contributed by atoms with Gasteiger partial charge in [0, 0.05) is 26.1 Å². The molecule has 0 fully saturated rings. The predicted octanol–water partition coefficient (Wildman–Crippen LogP) is 2.90. The number of hydrogen-bond donors (Lipinski definition) is 1. The summed E-state index contributed by atoms with van der Waals surface area (Å²) in [5, 5.41) is 14.3. The van der Waals surface area contributed by atoms with Crippen LogP contribution in [-0.4, -0.2) is 30.8 Å². The van der Waals surface area contributed by atoms with Gasteiger partial charge in [-0.15, -0.1) is 0 Å². The standard InChI is InChI=1S/C15H24N2O4/c1-5-16-11-12-6-7-14(13(10-12)17(18)19)21-9-8-15(2,3)20-4/h6-7,10,16H,5,8-9,11H2,1-4H3. The van der Waals surface area contributed by atoms with E-state index in [1.54, 1.807) is 19.2 Å². The molecule has 0 unspecified atom stereocenters. The Labute approximate surface area is 125 Å². The molecule has 1 aromatic carbocycles. The van der Waals surface area contributed by atoms with Gasteiger partial charge in [-0.3, -0.25) is 10.1 Å². The summed E-state index contributed by atoms with van der Waals surface area (Å²) in [6.07, 6.45) is 0.653. The Balaban J connectivity index is 2.75. The summed E-state index contributed by atoms with van der Waals surface area (Å²) in [6.45, 7) is 7.68. The highest BCUT2D eigenvalue weighted by Crippen LogP contribution is 2.28. The lowest BCUT2D eigenvalue weighted by atomic mass is 10.1. The first-order valence-corrected chi connectivity index (χ1v) is 7.05. The van der Waals surface area contributed by atoms with E-state index in [4.69, 9.17) is 9.47 Å². The molecule has 0 aliphatic carbocycles. The van der Waals surface area contributed by atoms with E-state index in [-0.39, 0.29) is 11.3 Å². The van der Waals surface area contributed by atoms with Gasteiger partial charge in [0.15, 0.2) is 5.75 Å². The maximum Gasteiger partial charge on any atom is 0.311 e. The number of rotatable bonds is 9. The predicted molar refractivity (Wildman–Crippen MR) is 81.7 cm³/mol. The summed E-state index contributed by atoms with van der Waals surface area (Å²) in [5.41, 5.74) is 0.563. The second-order valence-electron chi connectivity index (χ2n) is 5.40. The van der Waals surface area contributed by atoms with Crippen molar-refractivity contribution in [2.45, 2.75) is 39.3 Å². The van der Waals surface area contributed by atoms with Crippen LogP contribution in [-0.2, 0) is 11.3 Å². The van der Waals surface area contributed by atoms with Gasteiger partial charge in [0.2, 0.25) is 0 Å². The van der Waals surface area contributed by atoms with Gasteiger partial charge in [0.25, 0.3) is 0 Å². The molecule has 0 spiro atoms. The Kier molecular flexibility index (Phi) is 6.58. The highest BCUT2D eigenvalue weighted by Gasteiger charge is 2.19. The van der Waals surface area contributed by atoms with Crippen LogP contribution in [0.5, 0.6) is 5.75 Å². The van der Waals surface area contributed by atoms with E-state index >= 15 is 0 Å². The third-order valence-corrected chi connectivity index (χ3v) is 3.31. The minimum absolute atomic E-state index is 0.000580. The van der Waals surface area contributed by atoms with Gasteiger partial charge in [-0.1, -0.05) is 13.0 Å². The summed E-state index contributed by atoms with van der Waals surface area (Å²) in [4.78, 5) is 10.7. The summed E-state index contributed by atoms with van der Waals surface area (Å²) in [5.74, 6) is 0.298. The topological polar surface area (TPSA) is 73.6 Å². The second kappa shape index (κ2) is 7.95. The third kappa shape index (κ3) is 5.69. The second-order valence-corrected chi connectivity index (χ2v) is 5.40. The zero-order valence-electron chi connectivity index (χ0n) is 13.1. The van der Waals surface area contributed by atoms with Gasteiger partial charge in [0.1, 0.15) is 0 Å². The first-order chi connectivity index (χ1) is 9.89. The molecule has 0 atom stereocenters. The summed E-state index contributed by atoms with van der Waals surface area (Å²) in [7, 11) is 1.64. The number of nitro groups is 1. The van der Waals surface area contributed by atoms with Gasteiger partial charge in [-0.05, 0) is 32.0 Å². The lowest BCUT2D eigenvalue weighted by Gasteiger charge is -2.22. The van der Waals surface area contributed by atoms with Gasteiger partial charge >= 0.3 is 5.69 Å². The zero-order chi connectivity index (χ0) is 15.9. The quantitative estimate of drug-likeness (QED) is 0.560. The molecule has 0 radical (unpaired) electrons. The molecule has 0 amide bonds. The molecule has 1 aromatic rings. The Morgan fingerprint density at radius 1 is 1.38 bits per heavy atom. The molecule has 0 saturated heterocycles. The van der Waals surface area contributed by atoms with E-state index in [0.29, 0.717) is 25.3 Å². The molecule has 0 aliphatic heterocycles. The van der Waals surface area contributed by atoms with E-state index in [1.807, 2.05) is 26.8 Å². The lowest BCUT2D eigenvalue weighted by molar-refractivity contribution is -0.386. The molecular weight excluding hydrogens is 272 g/mol. The van der Waals surface area contributed by atoms with Crippen molar-refractivity contribution >= 4 is 5.69 Å². The largest absolute Gasteiger partial charge is 0.487 e. The molecule has 0 aromatic heterocycles. The average molecular weight is 296 g/mol.